The summed E-state index contributed by atoms with van der Waals surface area (Å²) in [6, 6.07) is 6.60. The summed E-state index contributed by atoms with van der Waals surface area (Å²) in [5, 5.41) is 0. The van der Waals surface area contributed by atoms with E-state index in [0.29, 0.717) is 0 Å². The standard InChI is InChI=1S/C7H7ClO2PS/c1-6-2-4-7(5-3-6)12(9,10)11-8/h2-5H,1H3/q-1. The van der Waals surface area contributed by atoms with E-state index in [1.165, 1.54) is 0 Å². The Balaban J connectivity index is 3.14. The Bertz CT molecular complexity index is 357. The molecule has 1 aromatic rings. The zero-order valence-corrected chi connectivity index (χ0v) is 8.83. The van der Waals surface area contributed by atoms with Gasteiger partial charge in [-0.25, -0.2) is 0 Å². The van der Waals surface area contributed by atoms with Crippen LogP contribution in [0.1, 0.15) is 5.56 Å². The number of hydrogen-bond donors (Lipinski definition) is 0. The quantitative estimate of drug-likeness (QED) is 0.720. The number of rotatable bonds is 2. The maximum absolute atomic E-state index is 11.2. The third kappa shape index (κ3) is 2.19. The minimum Gasteiger partial charge on any atom is -0.335 e. The van der Waals surface area contributed by atoms with E-state index in [1.807, 2.05) is 6.92 Å². The Morgan fingerprint density at radius 2 is 1.75 bits per heavy atom. The van der Waals surface area contributed by atoms with Crippen molar-refractivity contribution in [1.29, 1.82) is 0 Å². The average molecular weight is 222 g/mol. The van der Waals surface area contributed by atoms with Crippen LogP contribution in [0.25, 0.3) is 0 Å². The second-order valence-corrected chi connectivity index (χ2v) is 7.01. The Morgan fingerprint density at radius 3 is 2.17 bits per heavy atom. The molecule has 0 saturated carbocycles. The maximum atomic E-state index is 11.2. The monoisotopic (exact) mass is 221 g/mol. The van der Waals surface area contributed by atoms with E-state index in [9.17, 15) is 8.42 Å². The van der Waals surface area contributed by atoms with Gasteiger partial charge in [-0.15, -0.1) is 0 Å². The van der Waals surface area contributed by atoms with Crippen molar-refractivity contribution < 1.29 is 8.42 Å². The van der Waals surface area contributed by atoms with Crippen LogP contribution in [-0.2, 0) is 9.46 Å². The SMILES string of the molecule is Cc1ccc(S(=O)(=O)[P-]Cl)cc1. The molecule has 12 heavy (non-hydrogen) atoms. The lowest BCUT2D eigenvalue weighted by molar-refractivity contribution is 0.610. The van der Waals surface area contributed by atoms with Gasteiger partial charge in [-0.2, -0.15) is 0 Å². The van der Waals surface area contributed by atoms with Crippen LogP contribution in [0.2, 0.25) is 0 Å². The smallest absolute Gasteiger partial charge is 0.0582 e. The molecule has 0 amide bonds. The van der Waals surface area contributed by atoms with Crippen molar-refractivity contribution in [2.45, 2.75) is 11.8 Å². The molecule has 0 radical (unpaired) electrons. The molecule has 0 aliphatic rings. The van der Waals surface area contributed by atoms with Crippen molar-refractivity contribution in [2.24, 2.45) is 0 Å². The van der Waals surface area contributed by atoms with Crippen molar-refractivity contribution in [2.75, 3.05) is 0 Å². The first-order valence-electron chi connectivity index (χ1n) is 3.21. The van der Waals surface area contributed by atoms with E-state index in [1.54, 1.807) is 24.3 Å². The number of benzene rings is 1. The third-order valence-corrected chi connectivity index (χ3v) is 5.27. The van der Waals surface area contributed by atoms with Crippen LogP contribution in [-0.4, -0.2) is 8.42 Å². The lowest BCUT2D eigenvalue weighted by Gasteiger charge is -2.10. The second kappa shape index (κ2) is 3.73. The molecule has 1 aromatic carbocycles. The van der Waals surface area contributed by atoms with E-state index in [0.717, 1.165) is 5.56 Å². The maximum Gasteiger partial charge on any atom is 0.0582 e. The average Bonchev–Trinajstić information content (AvgIpc) is 2.05. The molecular weight excluding hydrogens is 215 g/mol. The normalized spacial score (nSPS) is 12.5. The van der Waals surface area contributed by atoms with Gasteiger partial charge in [0.15, 0.2) is 0 Å². The van der Waals surface area contributed by atoms with Crippen LogP contribution in [0.4, 0.5) is 0 Å². The molecule has 2 nitrogen and oxygen atoms in total. The molecule has 0 bridgehead atoms. The number of hydrogen-bond acceptors (Lipinski definition) is 2. The van der Waals surface area contributed by atoms with Crippen LogP contribution in [0, 0.1) is 6.92 Å². The molecule has 0 spiro atoms. The van der Waals surface area contributed by atoms with E-state index in [2.05, 4.69) is 0 Å². The van der Waals surface area contributed by atoms with Crippen molar-refractivity contribution in [3.63, 3.8) is 0 Å². The van der Waals surface area contributed by atoms with Crippen LogP contribution in [0.5, 0.6) is 0 Å². The first kappa shape index (κ1) is 9.97. The lowest BCUT2D eigenvalue weighted by Crippen LogP contribution is -1.90. The highest BCUT2D eigenvalue weighted by atomic mass is 35.7. The summed E-state index contributed by atoms with van der Waals surface area (Å²) < 4.78 is 22.3. The molecule has 0 atom stereocenters. The molecule has 0 heterocycles. The summed E-state index contributed by atoms with van der Waals surface area (Å²) in [6.07, 6.45) is 0. The number of aryl methyl sites for hydroxylation is 1. The summed E-state index contributed by atoms with van der Waals surface area (Å²) in [6.45, 7) is 1.90. The highest BCUT2D eigenvalue weighted by Crippen LogP contribution is 2.32. The van der Waals surface area contributed by atoms with Gasteiger partial charge in [0.1, 0.15) is 0 Å². The Hall–Kier alpha value is -0.110. The fourth-order valence-corrected chi connectivity index (χ4v) is 2.63. The van der Waals surface area contributed by atoms with E-state index in [4.69, 9.17) is 11.2 Å². The molecular formula is C7H7ClO2PS-. The molecule has 0 aromatic heterocycles. The predicted molar refractivity (Wildman–Crippen MR) is 51.1 cm³/mol. The van der Waals surface area contributed by atoms with Gasteiger partial charge in [-0.05, 0) is 19.1 Å². The van der Waals surface area contributed by atoms with Crippen LogP contribution in [0.3, 0.4) is 0 Å². The molecule has 0 fully saturated rings. The van der Waals surface area contributed by atoms with Crippen molar-refractivity contribution >= 4 is 27.8 Å². The third-order valence-electron chi connectivity index (χ3n) is 1.41. The minimum absolute atomic E-state index is 0.133. The van der Waals surface area contributed by atoms with E-state index in [-0.39, 0.29) is 12.0 Å². The molecule has 5 heteroatoms. The first-order chi connectivity index (χ1) is 5.56. The molecule has 66 valence electrons. The molecule has 0 aliphatic heterocycles. The van der Waals surface area contributed by atoms with Gasteiger partial charge >= 0.3 is 0 Å². The summed E-state index contributed by atoms with van der Waals surface area (Å²) >= 11 is 5.25. The largest absolute Gasteiger partial charge is 0.335 e. The Labute approximate surface area is 78.2 Å². The summed E-state index contributed by atoms with van der Waals surface area (Å²) in [7, 11) is -3.41. The van der Waals surface area contributed by atoms with Crippen molar-refractivity contribution in [3.05, 3.63) is 29.8 Å². The van der Waals surface area contributed by atoms with E-state index < -0.39 is 9.46 Å². The highest BCUT2D eigenvalue weighted by Gasteiger charge is 2.00. The van der Waals surface area contributed by atoms with Crippen LogP contribution < -0.4 is 0 Å². The van der Waals surface area contributed by atoms with Gasteiger partial charge in [0.2, 0.25) is 0 Å². The first-order valence-corrected chi connectivity index (χ1v) is 7.10. The molecule has 0 N–H and O–H groups in total. The second-order valence-electron chi connectivity index (χ2n) is 2.36. The highest BCUT2D eigenvalue weighted by molar-refractivity contribution is 8.50. The zero-order chi connectivity index (χ0) is 9.19. The zero-order valence-electron chi connectivity index (χ0n) is 6.36. The van der Waals surface area contributed by atoms with Crippen molar-refractivity contribution in [3.8, 4) is 0 Å². The Kier molecular flexibility index (Phi) is 3.10. The van der Waals surface area contributed by atoms with Gasteiger partial charge in [-0.1, -0.05) is 17.7 Å². The predicted octanol–water partition coefficient (Wildman–Crippen LogP) is 2.78. The van der Waals surface area contributed by atoms with Gasteiger partial charge in [0.25, 0.3) is 0 Å². The summed E-state index contributed by atoms with van der Waals surface area (Å²) in [5.41, 5.74) is 1.03. The topological polar surface area (TPSA) is 34.1 Å². The van der Waals surface area contributed by atoms with E-state index >= 15 is 0 Å². The molecule has 0 saturated heterocycles. The minimum atomic E-state index is -3.28. The van der Waals surface area contributed by atoms with Gasteiger partial charge in [0, 0.05) is 4.90 Å². The van der Waals surface area contributed by atoms with Gasteiger partial charge in [0.05, 0.1) is 9.46 Å². The summed E-state index contributed by atoms with van der Waals surface area (Å²) in [4.78, 5) is 0.268. The van der Waals surface area contributed by atoms with Crippen molar-refractivity contribution in [1.82, 2.24) is 0 Å². The lowest BCUT2D eigenvalue weighted by atomic mass is 10.2. The van der Waals surface area contributed by atoms with Gasteiger partial charge in [-0.3, -0.25) is 15.6 Å². The van der Waals surface area contributed by atoms with Crippen LogP contribution >= 0.6 is 18.4 Å². The molecule has 0 unspecified atom stereocenters. The van der Waals surface area contributed by atoms with Crippen LogP contribution in [0.15, 0.2) is 29.2 Å². The fourth-order valence-electron chi connectivity index (χ4n) is 0.750. The Morgan fingerprint density at radius 1 is 1.25 bits per heavy atom. The fraction of sp³-hybridized carbons (Fsp3) is 0.143. The van der Waals surface area contributed by atoms with Gasteiger partial charge < -0.3 is 11.2 Å². The molecule has 0 aliphatic carbocycles. The number of halogens is 1. The molecule has 1 rings (SSSR count). The summed E-state index contributed by atoms with van der Waals surface area (Å²) in [5.74, 6) is 0.